The predicted molar refractivity (Wildman–Crippen MR) is 66.5 cm³/mol. The van der Waals surface area contributed by atoms with Crippen molar-refractivity contribution >= 4 is 27.4 Å². The maximum atomic E-state index is 10.8. The van der Waals surface area contributed by atoms with Crippen molar-refractivity contribution < 1.29 is 4.92 Å². The van der Waals surface area contributed by atoms with Crippen LogP contribution in [-0.2, 0) is 0 Å². The maximum Gasteiger partial charge on any atom is 0.312 e. The van der Waals surface area contributed by atoms with E-state index in [1.54, 1.807) is 6.20 Å². The van der Waals surface area contributed by atoms with Crippen molar-refractivity contribution in [2.24, 2.45) is 5.92 Å². The highest BCUT2D eigenvalue weighted by Gasteiger charge is 2.15. The molecule has 0 aromatic carbocycles. The van der Waals surface area contributed by atoms with E-state index in [0.29, 0.717) is 22.8 Å². The molecular weight excluding hydrogens is 274 g/mol. The van der Waals surface area contributed by atoms with Crippen molar-refractivity contribution in [3.8, 4) is 0 Å². The van der Waals surface area contributed by atoms with Crippen molar-refractivity contribution in [1.29, 1.82) is 0 Å². The molecule has 1 N–H and O–H groups in total. The minimum Gasteiger partial charge on any atom is -0.364 e. The molecule has 0 atom stereocenters. The first-order valence-electron chi connectivity index (χ1n) is 5.04. The van der Waals surface area contributed by atoms with Crippen molar-refractivity contribution in [3.05, 3.63) is 26.9 Å². The van der Waals surface area contributed by atoms with Crippen LogP contribution in [-0.4, -0.2) is 16.5 Å². The molecule has 88 valence electrons. The molecule has 1 rings (SSSR count). The zero-order valence-corrected chi connectivity index (χ0v) is 10.8. The lowest BCUT2D eigenvalue weighted by atomic mass is 10.1. The summed E-state index contributed by atoms with van der Waals surface area (Å²) in [7, 11) is 0. The molecular formula is C10H14BrN3O2. The van der Waals surface area contributed by atoms with Crippen LogP contribution in [0.5, 0.6) is 0 Å². The lowest BCUT2D eigenvalue weighted by Gasteiger charge is -2.07. The maximum absolute atomic E-state index is 10.8. The van der Waals surface area contributed by atoms with Crippen LogP contribution in [0, 0.1) is 16.0 Å². The summed E-state index contributed by atoms with van der Waals surface area (Å²) < 4.78 is 0.605. The summed E-state index contributed by atoms with van der Waals surface area (Å²) in [6, 6.07) is 1.45. The summed E-state index contributed by atoms with van der Waals surface area (Å²) in [5.74, 6) is 0.885. The highest BCUT2D eigenvalue weighted by atomic mass is 79.9. The van der Waals surface area contributed by atoms with Crippen LogP contribution < -0.4 is 5.32 Å². The van der Waals surface area contributed by atoms with E-state index in [9.17, 15) is 10.1 Å². The first-order valence-corrected chi connectivity index (χ1v) is 5.84. The van der Waals surface area contributed by atoms with Crippen molar-refractivity contribution in [3.63, 3.8) is 0 Å². The van der Waals surface area contributed by atoms with Gasteiger partial charge in [-0.05, 0) is 28.3 Å². The van der Waals surface area contributed by atoms with Gasteiger partial charge in [0.25, 0.3) is 0 Å². The molecule has 6 heteroatoms. The Hall–Kier alpha value is -1.17. The Labute approximate surface area is 103 Å². The third-order valence-electron chi connectivity index (χ3n) is 2.05. The Morgan fingerprint density at radius 2 is 2.31 bits per heavy atom. The minimum absolute atomic E-state index is 0.00173. The van der Waals surface area contributed by atoms with Gasteiger partial charge < -0.3 is 5.32 Å². The first kappa shape index (κ1) is 12.9. The fourth-order valence-corrected chi connectivity index (χ4v) is 1.50. The van der Waals surface area contributed by atoms with E-state index >= 15 is 0 Å². The van der Waals surface area contributed by atoms with Gasteiger partial charge in [-0.2, -0.15) is 0 Å². The number of rotatable bonds is 5. The summed E-state index contributed by atoms with van der Waals surface area (Å²) in [5, 5.41) is 13.8. The fraction of sp³-hybridized carbons (Fsp3) is 0.500. The molecule has 0 saturated carbocycles. The zero-order chi connectivity index (χ0) is 12.1. The zero-order valence-electron chi connectivity index (χ0n) is 9.24. The van der Waals surface area contributed by atoms with E-state index in [1.807, 2.05) is 0 Å². The van der Waals surface area contributed by atoms with Crippen molar-refractivity contribution in [2.75, 3.05) is 11.9 Å². The van der Waals surface area contributed by atoms with Crippen molar-refractivity contribution in [1.82, 2.24) is 4.98 Å². The Balaban J connectivity index is 2.75. The number of hydrogen-bond donors (Lipinski definition) is 1. The molecule has 1 heterocycles. The molecule has 0 spiro atoms. The highest BCUT2D eigenvalue weighted by Crippen LogP contribution is 2.25. The monoisotopic (exact) mass is 287 g/mol. The number of nitro groups is 1. The third kappa shape index (κ3) is 3.77. The van der Waals surface area contributed by atoms with Gasteiger partial charge in [-0.3, -0.25) is 10.1 Å². The Kier molecular flexibility index (Phi) is 4.67. The van der Waals surface area contributed by atoms with E-state index in [-0.39, 0.29) is 5.69 Å². The van der Waals surface area contributed by atoms with Crippen LogP contribution in [0.2, 0.25) is 0 Å². The Morgan fingerprint density at radius 3 is 2.88 bits per heavy atom. The average molecular weight is 288 g/mol. The smallest absolute Gasteiger partial charge is 0.312 e. The molecule has 16 heavy (non-hydrogen) atoms. The number of halogens is 1. The Morgan fingerprint density at radius 1 is 1.62 bits per heavy atom. The van der Waals surface area contributed by atoms with E-state index < -0.39 is 4.92 Å². The molecule has 1 aromatic heterocycles. The molecule has 0 aliphatic rings. The van der Waals surface area contributed by atoms with E-state index in [2.05, 4.69) is 40.1 Å². The van der Waals surface area contributed by atoms with Gasteiger partial charge in [-0.15, -0.1) is 0 Å². The van der Waals surface area contributed by atoms with Gasteiger partial charge in [-0.1, -0.05) is 13.8 Å². The quantitative estimate of drug-likeness (QED) is 0.667. The number of nitrogens with one attached hydrogen (secondary N) is 1. The number of nitrogens with zero attached hydrogens (tertiary/aromatic N) is 2. The van der Waals surface area contributed by atoms with Gasteiger partial charge in [0.15, 0.2) is 0 Å². The molecule has 0 aliphatic heterocycles. The van der Waals surface area contributed by atoms with Crippen LogP contribution in [0.15, 0.2) is 16.7 Å². The van der Waals surface area contributed by atoms with Crippen molar-refractivity contribution in [2.45, 2.75) is 20.3 Å². The molecule has 0 bridgehead atoms. The molecule has 0 unspecified atom stereocenters. The lowest BCUT2D eigenvalue weighted by molar-refractivity contribution is -0.384. The van der Waals surface area contributed by atoms with Crippen LogP contribution in [0.25, 0.3) is 0 Å². The topological polar surface area (TPSA) is 68.1 Å². The molecule has 0 aliphatic carbocycles. The van der Waals surface area contributed by atoms with E-state index in [1.165, 1.54) is 6.07 Å². The van der Waals surface area contributed by atoms with Crippen LogP contribution in [0.4, 0.5) is 11.5 Å². The molecule has 0 amide bonds. The fourth-order valence-electron chi connectivity index (χ4n) is 1.18. The summed E-state index contributed by atoms with van der Waals surface area (Å²) >= 11 is 3.16. The Bertz CT molecular complexity index is 382. The minimum atomic E-state index is -0.435. The summed E-state index contributed by atoms with van der Waals surface area (Å²) in [5.41, 5.74) is -0.00173. The third-order valence-corrected chi connectivity index (χ3v) is 2.48. The highest BCUT2D eigenvalue weighted by molar-refractivity contribution is 9.10. The standard InChI is InChI=1S/C10H14BrN3O2/c1-7(2)3-4-12-10-9(14(15)16)5-8(11)6-13-10/h5-7H,3-4H2,1-2H3,(H,12,13). The number of aromatic nitrogens is 1. The summed E-state index contributed by atoms with van der Waals surface area (Å²) in [6.07, 6.45) is 2.50. The van der Waals surface area contributed by atoms with Gasteiger partial charge in [0.1, 0.15) is 0 Å². The second kappa shape index (κ2) is 5.79. The average Bonchev–Trinajstić information content (AvgIpc) is 2.19. The number of anilines is 1. The SMILES string of the molecule is CC(C)CCNc1ncc(Br)cc1[N+](=O)[O-]. The second-order valence-corrected chi connectivity index (χ2v) is 4.80. The van der Waals surface area contributed by atoms with E-state index in [4.69, 9.17) is 0 Å². The lowest BCUT2D eigenvalue weighted by Crippen LogP contribution is -2.08. The number of pyridine rings is 1. The first-order chi connectivity index (χ1) is 7.50. The summed E-state index contributed by atoms with van der Waals surface area (Å²) in [6.45, 7) is 4.89. The molecule has 5 nitrogen and oxygen atoms in total. The molecule has 1 aromatic rings. The van der Waals surface area contributed by atoms with Gasteiger partial charge in [0.05, 0.1) is 4.92 Å². The van der Waals surface area contributed by atoms with Gasteiger partial charge in [-0.25, -0.2) is 4.98 Å². The largest absolute Gasteiger partial charge is 0.364 e. The molecule has 0 fully saturated rings. The number of hydrogen-bond acceptors (Lipinski definition) is 4. The molecule has 0 saturated heterocycles. The predicted octanol–water partition coefficient (Wildman–Crippen LogP) is 3.21. The second-order valence-electron chi connectivity index (χ2n) is 3.89. The van der Waals surface area contributed by atoms with Crippen LogP contribution >= 0.6 is 15.9 Å². The van der Waals surface area contributed by atoms with Crippen LogP contribution in [0.3, 0.4) is 0 Å². The van der Waals surface area contributed by atoms with Gasteiger partial charge >= 0.3 is 5.69 Å². The molecule has 0 radical (unpaired) electrons. The van der Waals surface area contributed by atoms with Gasteiger partial charge in [0, 0.05) is 23.3 Å². The normalized spacial score (nSPS) is 10.5. The van der Waals surface area contributed by atoms with Gasteiger partial charge in [0.2, 0.25) is 5.82 Å². The van der Waals surface area contributed by atoms with Crippen LogP contribution in [0.1, 0.15) is 20.3 Å². The van der Waals surface area contributed by atoms with E-state index in [0.717, 1.165) is 6.42 Å². The summed E-state index contributed by atoms with van der Waals surface area (Å²) in [4.78, 5) is 14.3.